The van der Waals surface area contributed by atoms with Gasteiger partial charge in [-0.3, -0.25) is 0 Å². The highest BCUT2D eigenvalue weighted by atomic mass is 79.9. The number of benzene rings is 1. The molecule has 0 saturated heterocycles. The summed E-state index contributed by atoms with van der Waals surface area (Å²) < 4.78 is 1.06. The standard InChI is InChI=1S/C14H17BrN4/c1-10-9-17-14(19(2)8-7-16)18-13(10)11-3-5-12(15)6-4-11/h3-6,9H,7-8,16H2,1-2H3. The Balaban J connectivity index is 2.39. The van der Waals surface area contributed by atoms with Crippen LogP contribution in [-0.4, -0.2) is 30.1 Å². The van der Waals surface area contributed by atoms with Gasteiger partial charge in [-0.05, 0) is 24.6 Å². The Bertz CT molecular complexity index is 554. The Labute approximate surface area is 121 Å². The van der Waals surface area contributed by atoms with E-state index in [1.54, 1.807) is 0 Å². The van der Waals surface area contributed by atoms with Crippen LogP contribution in [0.5, 0.6) is 0 Å². The van der Waals surface area contributed by atoms with Crippen molar-refractivity contribution < 1.29 is 0 Å². The van der Waals surface area contributed by atoms with Crippen LogP contribution in [0.15, 0.2) is 34.9 Å². The molecule has 0 spiro atoms. The first kappa shape index (κ1) is 14.0. The summed E-state index contributed by atoms with van der Waals surface area (Å²) in [6.07, 6.45) is 1.85. The zero-order valence-corrected chi connectivity index (χ0v) is 12.7. The second-order valence-corrected chi connectivity index (χ2v) is 5.33. The molecule has 0 aliphatic heterocycles. The molecule has 1 heterocycles. The fraction of sp³-hybridized carbons (Fsp3) is 0.286. The van der Waals surface area contributed by atoms with Gasteiger partial charge in [0.15, 0.2) is 0 Å². The maximum atomic E-state index is 5.56. The highest BCUT2D eigenvalue weighted by Crippen LogP contribution is 2.24. The van der Waals surface area contributed by atoms with Crippen LogP contribution < -0.4 is 10.6 Å². The molecule has 1 aromatic carbocycles. The highest BCUT2D eigenvalue weighted by Gasteiger charge is 2.09. The van der Waals surface area contributed by atoms with Crippen LogP contribution in [0.25, 0.3) is 11.3 Å². The predicted molar refractivity (Wildman–Crippen MR) is 82.2 cm³/mol. The molecule has 2 rings (SSSR count). The monoisotopic (exact) mass is 320 g/mol. The molecule has 0 saturated carbocycles. The third kappa shape index (κ3) is 3.30. The van der Waals surface area contributed by atoms with E-state index in [1.807, 2.05) is 49.3 Å². The second-order valence-electron chi connectivity index (χ2n) is 4.42. The van der Waals surface area contributed by atoms with Crippen LogP contribution >= 0.6 is 15.9 Å². The van der Waals surface area contributed by atoms with E-state index < -0.39 is 0 Å². The van der Waals surface area contributed by atoms with Crippen LogP contribution in [0, 0.1) is 6.92 Å². The van der Waals surface area contributed by atoms with E-state index in [2.05, 4.69) is 25.9 Å². The first-order valence-electron chi connectivity index (χ1n) is 6.12. The van der Waals surface area contributed by atoms with Gasteiger partial charge in [-0.25, -0.2) is 9.97 Å². The molecule has 0 amide bonds. The van der Waals surface area contributed by atoms with Gasteiger partial charge in [0.2, 0.25) is 5.95 Å². The summed E-state index contributed by atoms with van der Waals surface area (Å²) in [5, 5.41) is 0. The van der Waals surface area contributed by atoms with E-state index in [9.17, 15) is 0 Å². The lowest BCUT2D eigenvalue weighted by molar-refractivity contribution is 0.845. The third-order valence-electron chi connectivity index (χ3n) is 2.88. The molecule has 100 valence electrons. The average molecular weight is 321 g/mol. The van der Waals surface area contributed by atoms with Crippen molar-refractivity contribution in [1.29, 1.82) is 0 Å². The van der Waals surface area contributed by atoms with E-state index >= 15 is 0 Å². The van der Waals surface area contributed by atoms with E-state index in [4.69, 9.17) is 5.73 Å². The van der Waals surface area contributed by atoms with Crippen molar-refractivity contribution in [3.63, 3.8) is 0 Å². The number of likely N-dealkylation sites (N-methyl/N-ethyl adjacent to an activating group) is 1. The molecule has 4 nitrogen and oxygen atoms in total. The van der Waals surface area contributed by atoms with E-state index in [0.29, 0.717) is 12.5 Å². The molecule has 0 aliphatic carbocycles. The summed E-state index contributed by atoms with van der Waals surface area (Å²) in [5.41, 5.74) is 8.67. The molecule has 0 fully saturated rings. The third-order valence-corrected chi connectivity index (χ3v) is 3.41. The van der Waals surface area contributed by atoms with Crippen molar-refractivity contribution in [2.75, 3.05) is 25.0 Å². The Morgan fingerprint density at radius 2 is 1.95 bits per heavy atom. The molecule has 0 atom stereocenters. The Hall–Kier alpha value is -1.46. The largest absolute Gasteiger partial charge is 0.343 e. The first-order chi connectivity index (χ1) is 9.11. The molecule has 0 bridgehead atoms. The molecule has 5 heteroatoms. The summed E-state index contributed by atoms with van der Waals surface area (Å²) in [6, 6.07) is 8.12. The zero-order valence-electron chi connectivity index (χ0n) is 11.1. The van der Waals surface area contributed by atoms with Crippen molar-refractivity contribution in [3.05, 3.63) is 40.5 Å². The number of nitrogens with two attached hydrogens (primary N) is 1. The second kappa shape index (κ2) is 6.12. The van der Waals surface area contributed by atoms with Gasteiger partial charge in [0.05, 0.1) is 5.69 Å². The fourth-order valence-corrected chi connectivity index (χ4v) is 2.07. The Kier molecular flexibility index (Phi) is 4.50. The number of rotatable bonds is 4. The van der Waals surface area contributed by atoms with E-state index in [-0.39, 0.29) is 0 Å². The van der Waals surface area contributed by atoms with E-state index in [1.165, 1.54) is 0 Å². The van der Waals surface area contributed by atoms with Gasteiger partial charge in [-0.2, -0.15) is 0 Å². The summed E-state index contributed by atoms with van der Waals surface area (Å²) in [5.74, 6) is 0.703. The van der Waals surface area contributed by atoms with Crippen molar-refractivity contribution in [1.82, 2.24) is 9.97 Å². The number of halogens is 1. The Morgan fingerprint density at radius 1 is 1.26 bits per heavy atom. The summed E-state index contributed by atoms with van der Waals surface area (Å²) in [6.45, 7) is 3.34. The van der Waals surface area contributed by atoms with Crippen LogP contribution in [0.1, 0.15) is 5.56 Å². The summed E-state index contributed by atoms with van der Waals surface area (Å²) >= 11 is 3.44. The van der Waals surface area contributed by atoms with Crippen molar-refractivity contribution >= 4 is 21.9 Å². The lowest BCUT2D eigenvalue weighted by atomic mass is 10.1. The predicted octanol–water partition coefficient (Wildman–Crippen LogP) is 2.61. The van der Waals surface area contributed by atoms with Gasteiger partial charge in [0.25, 0.3) is 0 Å². The number of anilines is 1. The molecule has 2 N–H and O–H groups in total. The van der Waals surface area contributed by atoms with Gasteiger partial charge in [0, 0.05) is 36.4 Å². The molecule has 0 aliphatic rings. The molecule has 0 unspecified atom stereocenters. The number of hydrogen-bond acceptors (Lipinski definition) is 4. The number of nitrogens with zero attached hydrogens (tertiary/aromatic N) is 3. The van der Waals surface area contributed by atoms with Gasteiger partial charge < -0.3 is 10.6 Å². The smallest absolute Gasteiger partial charge is 0.225 e. The minimum Gasteiger partial charge on any atom is -0.343 e. The minimum atomic E-state index is 0.585. The van der Waals surface area contributed by atoms with Crippen LogP contribution in [0.4, 0.5) is 5.95 Å². The van der Waals surface area contributed by atoms with Crippen LogP contribution in [0.2, 0.25) is 0 Å². The maximum Gasteiger partial charge on any atom is 0.225 e. The molecule has 2 aromatic rings. The lowest BCUT2D eigenvalue weighted by Gasteiger charge is -2.17. The maximum absolute atomic E-state index is 5.56. The lowest BCUT2D eigenvalue weighted by Crippen LogP contribution is -2.26. The van der Waals surface area contributed by atoms with Crippen molar-refractivity contribution in [2.24, 2.45) is 5.73 Å². The SMILES string of the molecule is Cc1cnc(N(C)CCN)nc1-c1ccc(Br)cc1. The number of aromatic nitrogens is 2. The van der Waals surface area contributed by atoms with Crippen LogP contribution in [0.3, 0.4) is 0 Å². The average Bonchev–Trinajstić information content (AvgIpc) is 2.41. The molecule has 0 radical (unpaired) electrons. The normalized spacial score (nSPS) is 10.5. The zero-order chi connectivity index (χ0) is 13.8. The topological polar surface area (TPSA) is 55.0 Å². The van der Waals surface area contributed by atoms with Gasteiger partial charge >= 0.3 is 0 Å². The van der Waals surface area contributed by atoms with Crippen LogP contribution in [-0.2, 0) is 0 Å². The van der Waals surface area contributed by atoms with E-state index in [0.717, 1.165) is 27.8 Å². The van der Waals surface area contributed by atoms with Crippen molar-refractivity contribution in [2.45, 2.75) is 6.92 Å². The number of aryl methyl sites for hydroxylation is 1. The minimum absolute atomic E-state index is 0.585. The molecule has 1 aromatic heterocycles. The number of hydrogen-bond donors (Lipinski definition) is 1. The Morgan fingerprint density at radius 3 is 2.58 bits per heavy atom. The molecule has 19 heavy (non-hydrogen) atoms. The summed E-state index contributed by atoms with van der Waals surface area (Å²) in [7, 11) is 1.95. The first-order valence-corrected chi connectivity index (χ1v) is 6.92. The highest BCUT2D eigenvalue weighted by molar-refractivity contribution is 9.10. The summed E-state index contributed by atoms with van der Waals surface area (Å²) in [4.78, 5) is 10.9. The molecular weight excluding hydrogens is 304 g/mol. The van der Waals surface area contributed by atoms with Gasteiger partial charge in [0.1, 0.15) is 0 Å². The van der Waals surface area contributed by atoms with Gasteiger partial charge in [-0.1, -0.05) is 28.1 Å². The molecular formula is C14H17BrN4. The van der Waals surface area contributed by atoms with Crippen molar-refractivity contribution in [3.8, 4) is 11.3 Å². The fourth-order valence-electron chi connectivity index (χ4n) is 1.81. The quantitative estimate of drug-likeness (QED) is 0.940. The van der Waals surface area contributed by atoms with Gasteiger partial charge in [-0.15, -0.1) is 0 Å².